The topological polar surface area (TPSA) is 0 Å². The highest BCUT2D eigenvalue weighted by atomic mass is 79.9. The number of fused-ring (bicyclic) bond motifs is 2. The molecule has 2 fully saturated rings. The van der Waals surface area contributed by atoms with Crippen LogP contribution in [0.3, 0.4) is 0 Å². The molecule has 1 aromatic rings. The summed E-state index contributed by atoms with van der Waals surface area (Å²) in [5.74, 6) is 1.87. The van der Waals surface area contributed by atoms with Gasteiger partial charge in [-0.25, -0.2) is 0 Å². The molecule has 3 rings (SSSR count). The second-order valence-electron chi connectivity index (χ2n) is 5.85. The maximum Gasteiger partial charge on any atom is 0.191 e. The highest BCUT2D eigenvalue weighted by Gasteiger charge is 2.40. The third kappa shape index (κ3) is 2.59. The van der Waals surface area contributed by atoms with E-state index < -0.39 is 0 Å². The number of rotatable bonds is 2. The third-order valence-corrected chi connectivity index (χ3v) is 5.50. The summed E-state index contributed by atoms with van der Waals surface area (Å²) in [6, 6.07) is 10.7. The van der Waals surface area contributed by atoms with Crippen molar-refractivity contribution in [2.24, 2.45) is 0 Å². The molecule has 2 aliphatic heterocycles. The molecule has 1 aromatic carbocycles. The fraction of sp³-hybridized carbons (Fsp3) is 0.500. The number of hydrogen-bond donors (Lipinski definition) is 0. The summed E-state index contributed by atoms with van der Waals surface area (Å²) < 4.78 is 1.45. The van der Waals surface area contributed by atoms with E-state index in [1.165, 1.54) is 48.5 Å². The van der Waals surface area contributed by atoms with Gasteiger partial charge >= 0.3 is 0 Å². The average Bonchev–Trinajstić information content (AvgIpc) is 2.39. The zero-order valence-corrected chi connectivity index (χ0v) is 12.4. The van der Waals surface area contributed by atoms with Gasteiger partial charge in [-0.3, -0.25) is 0 Å². The van der Waals surface area contributed by atoms with Crippen LogP contribution in [0.25, 0.3) is 6.08 Å². The highest BCUT2D eigenvalue weighted by molar-refractivity contribution is 9.12. The second-order valence-corrected chi connectivity index (χ2v) is 6.76. The summed E-state index contributed by atoms with van der Waals surface area (Å²) in [6.07, 6.45) is 11.0. The van der Waals surface area contributed by atoms with E-state index in [2.05, 4.69) is 52.3 Å². The van der Waals surface area contributed by atoms with Gasteiger partial charge < -0.3 is 0 Å². The molecule has 0 aliphatic carbocycles. The minimum atomic E-state index is 0.799. The van der Waals surface area contributed by atoms with Crippen LogP contribution in [0.4, 0.5) is 0 Å². The number of hydrogen-bond acceptors (Lipinski definition) is 0. The summed E-state index contributed by atoms with van der Waals surface area (Å²) >= 11 is 3.89. The molecular weight excluding hydrogens is 283 g/mol. The van der Waals surface area contributed by atoms with Gasteiger partial charge in [0.15, 0.2) is 6.71 Å². The first-order valence-electron chi connectivity index (χ1n) is 7.27. The van der Waals surface area contributed by atoms with E-state index >= 15 is 0 Å². The Hall–Kier alpha value is -0.495. The summed E-state index contributed by atoms with van der Waals surface area (Å²) in [5.41, 5.74) is 1.33. The standard InChI is InChI=1S/C16H20BBr/c18-16(12-13-6-2-1-3-7-13)17-14-8-4-9-15(17)11-5-10-14/h1-3,6-7,12,14-15H,4-5,8-11H2/b16-12-. The monoisotopic (exact) mass is 302 g/mol. The Morgan fingerprint density at radius 3 is 2.11 bits per heavy atom. The van der Waals surface area contributed by atoms with E-state index in [0.29, 0.717) is 0 Å². The van der Waals surface area contributed by atoms with Gasteiger partial charge in [-0.05, 0) is 9.95 Å². The summed E-state index contributed by atoms with van der Waals surface area (Å²) in [7, 11) is 0. The minimum absolute atomic E-state index is 0.799. The van der Waals surface area contributed by atoms with Gasteiger partial charge in [0, 0.05) is 0 Å². The Balaban J connectivity index is 1.83. The van der Waals surface area contributed by atoms with E-state index in [0.717, 1.165) is 18.3 Å². The van der Waals surface area contributed by atoms with E-state index in [1.54, 1.807) is 0 Å². The van der Waals surface area contributed by atoms with Crippen LogP contribution < -0.4 is 0 Å². The van der Waals surface area contributed by atoms with Crippen molar-refractivity contribution in [3.63, 3.8) is 0 Å². The van der Waals surface area contributed by atoms with Crippen molar-refractivity contribution >= 4 is 28.7 Å². The van der Waals surface area contributed by atoms with Crippen LogP contribution in [0, 0.1) is 0 Å². The van der Waals surface area contributed by atoms with E-state index in [1.807, 2.05) is 0 Å². The first-order valence-corrected chi connectivity index (χ1v) is 8.06. The molecular formula is C16H20BBr. The maximum atomic E-state index is 3.89. The zero-order chi connectivity index (χ0) is 12.4. The summed E-state index contributed by atoms with van der Waals surface area (Å²) in [5, 5.41) is 0. The fourth-order valence-corrected chi connectivity index (χ4v) is 4.94. The second kappa shape index (κ2) is 5.65. The van der Waals surface area contributed by atoms with Crippen LogP contribution in [-0.2, 0) is 0 Å². The molecule has 2 bridgehead atoms. The van der Waals surface area contributed by atoms with E-state index in [9.17, 15) is 0 Å². The third-order valence-electron chi connectivity index (χ3n) is 4.74. The highest BCUT2D eigenvalue weighted by Crippen LogP contribution is 2.49. The zero-order valence-electron chi connectivity index (χ0n) is 10.8. The van der Waals surface area contributed by atoms with Crippen LogP contribution in [0.2, 0.25) is 11.6 Å². The number of halogens is 1. The molecule has 2 saturated heterocycles. The molecule has 0 amide bonds. The lowest BCUT2D eigenvalue weighted by Gasteiger charge is -2.40. The smallest absolute Gasteiger partial charge is 0.0664 e. The average molecular weight is 303 g/mol. The molecule has 94 valence electrons. The molecule has 2 heterocycles. The predicted octanol–water partition coefficient (Wildman–Crippen LogP) is 5.56. The van der Waals surface area contributed by atoms with Gasteiger partial charge in [-0.2, -0.15) is 0 Å². The molecule has 0 atom stereocenters. The van der Waals surface area contributed by atoms with Crippen molar-refractivity contribution in [3.05, 3.63) is 40.3 Å². The molecule has 2 heteroatoms. The molecule has 0 radical (unpaired) electrons. The molecule has 0 nitrogen and oxygen atoms in total. The molecule has 0 unspecified atom stereocenters. The number of benzene rings is 1. The molecule has 18 heavy (non-hydrogen) atoms. The lowest BCUT2D eigenvalue weighted by molar-refractivity contribution is 0.447. The largest absolute Gasteiger partial charge is 0.191 e. The van der Waals surface area contributed by atoms with Crippen molar-refractivity contribution in [2.75, 3.05) is 0 Å². The fourth-order valence-electron chi connectivity index (χ4n) is 3.93. The first-order chi connectivity index (χ1) is 8.84. The molecule has 0 spiro atoms. The Morgan fingerprint density at radius 2 is 1.56 bits per heavy atom. The van der Waals surface area contributed by atoms with Gasteiger partial charge in [0.05, 0.1) is 0 Å². The van der Waals surface area contributed by atoms with Crippen molar-refractivity contribution in [1.82, 2.24) is 0 Å². The van der Waals surface area contributed by atoms with Gasteiger partial charge in [0.2, 0.25) is 0 Å². The minimum Gasteiger partial charge on any atom is -0.0664 e. The van der Waals surface area contributed by atoms with Crippen LogP contribution in [-0.4, -0.2) is 6.71 Å². The summed E-state index contributed by atoms with van der Waals surface area (Å²) in [6.45, 7) is 0.799. The van der Waals surface area contributed by atoms with Crippen molar-refractivity contribution in [3.8, 4) is 0 Å². The van der Waals surface area contributed by atoms with Crippen molar-refractivity contribution < 1.29 is 0 Å². The van der Waals surface area contributed by atoms with Crippen LogP contribution in [0.1, 0.15) is 44.1 Å². The lowest BCUT2D eigenvalue weighted by Crippen LogP contribution is -2.35. The normalized spacial score (nSPS) is 28.3. The first kappa shape index (κ1) is 12.5. The lowest BCUT2D eigenvalue weighted by atomic mass is 9.27. The van der Waals surface area contributed by atoms with Gasteiger partial charge in [0.1, 0.15) is 0 Å². The molecule has 2 aliphatic rings. The van der Waals surface area contributed by atoms with Crippen molar-refractivity contribution in [2.45, 2.75) is 50.2 Å². The van der Waals surface area contributed by atoms with Crippen LogP contribution in [0.5, 0.6) is 0 Å². The Bertz CT molecular complexity index is 404. The molecule has 0 N–H and O–H groups in total. The van der Waals surface area contributed by atoms with E-state index in [-0.39, 0.29) is 0 Å². The van der Waals surface area contributed by atoms with Crippen LogP contribution in [0.15, 0.2) is 34.7 Å². The van der Waals surface area contributed by atoms with Crippen molar-refractivity contribution in [1.29, 1.82) is 0 Å². The van der Waals surface area contributed by atoms with E-state index in [4.69, 9.17) is 0 Å². The van der Waals surface area contributed by atoms with Gasteiger partial charge in [-0.1, -0.05) is 102 Å². The SMILES string of the molecule is Br/C(=C\c1ccccc1)B1C2CCCC1CCC2. The quantitative estimate of drug-likeness (QED) is 0.627. The van der Waals surface area contributed by atoms with Crippen LogP contribution >= 0.6 is 15.9 Å². The molecule has 0 aromatic heterocycles. The Morgan fingerprint density at radius 1 is 1.00 bits per heavy atom. The summed E-state index contributed by atoms with van der Waals surface area (Å²) in [4.78, 5) is 0. The molecule has 0 saturated carbocycles. The Kier molecular flexibility index (Phi) is 3.93. The van der Waals surface area contributed by atoms with Gasteiger partial charge in [0.25, 0.3) is 0 Å². The maximum absolute atomic E-state index is 3.89. The van der Waals surface area contributed by atoms with Gasteiger partial charge in [-0.15, -0.1) is 0 Å². The Labute approximate surface area is 119 Å². The predicted molar refractivity (Wildman–Crippen MR) is 84.3 cm³/mol.